The van der Waals surface area contributed by atoms with E-state index >= 15 is 0 Å². The van der Waals surface area contributed by atoms with Gasteiger partial charge in [0, 0.05) is 36.4 Å². The molecule has 1 fully saturated rings. The van der Waals surface area contributed by atoms with Crippen LogP contribution in [-0.2, 0) is 17.8 Å². The van der Waals surface area contributed by atoms with Crippen molar-refractivity contribution >= 4 is 23.6 Å². The number of hydrogen-bond donors (Lipinski definition) is 0. The van der Waals surface area contributed by atoms with Gasteiger partial charge in [-0.25, -0.2) is 14.8 Å². The fourth-order valence-electron chi connectivity index (χ4n) is 4.49. The molecule has 1 aromatic carbocycles. The van der Waals surface area contributed by atoms with Crippen LogP contribution in [0.3, 0.4) is 0 Å². The quantitative estimate of drug-likeness (QED) is 0.576. The number of fused-ring (bicyclic) bond motifs is 3. The molecule has 172 valence electrons. The summed E-state index contributed by atoms with van der Waals surface area (Å²) in [6, 6.07) is 7.58. The van der Waals surface area contributed by atoms with Crippen molar-refractivity contribution in [1.29, 1.82) is 0 Å². The van der Waals surface area contributed by atoms with Gasteiger partial charge in [-0.3, -0.25) is 9.47 Å². The Morgan fingerprint density at radius 2 is 1.88 bits per heavy atom. The molecule has 0 aliphatic carbocycles. The topological polar surface area (TPSA) is 89.3 Å². The minimum absolute atomic E-state index is 0.202. The zero-order chi connectivity index (χ0) is 22.9. The Morgan fingerprint density at radius 1 is 1.12 bits per heavy atom. The Balaban J connectivity index is 1.45. The van der Waals surface area contributed by atoms with Crippen LogP contribution in [0.5, 0.6) is 0 Å². The predicted octanol–water partition coefficient (Wildman–Crippen LogP) is 3.96. The smallest absolute Gasteiger partial charge is 0.410 e. The van der Waals surface area contributed by atoms with Crippen LogP contribution in [-0.4, -0.2) is 54.9 Å². The molecule has 3 aromatic rings. The van der Waals surface area contributed by atoms with E-state index in [-0.39, 0.29) is 18.1 Å². The lowest BCUT2D eigenvalue weighted by atomic mass is 9.95. The van der Waals surface area contributed by atoms with Crippen LogP contribution in [0.2, 0.25) is 5.02 Å². The number of carbonyl (C=O) groups is 1. The van der Waals surface area contributed by atoms with E-state index in [1.54, 1.807) is 17.3 Å². The number of hydrogen-bond acceptors (Lipinski definition) is 7. The molecule has 0 unspecified atom stereocenters. The summed E-state index contributed by atoms with van der Waals surface area (Å²) in [6.45, 7) is 6.09. The Morgan fingerprint density at radius 3 is 2.61 bits per heavy atom. The van der Waals surface area contributed by atoms with Crippen LogP contribution in [0.1, 0.15) is 49.8 Å². The van der Waals surface area contributed by atoms with Crippen molar-refractivity contribution in [2.45, 2.75) is 51.8 Å². The molecule has 2 aromatic heterocycles. The van der Waals surface area contributed by atoms with Gasteiger partial charge in [-0.1, -0.05) is 11.6 Å². The number of benzene rings is 1. The summed E-state index contributed by atoms with van der Waals surface area (Å²) in [5.74, 6) is 2.64. The van der Waals surface area contributed by atoms with Gasteiger partial charge in [-0.05, 0) is 56.5 Å². The zero-order valence-electron chi connectivity index (χ0n) is 18.7. The van der Waals surface area contributed by atoms with Crippen molar-refractivity contribution in [3.05, 3.63) is 58.9 Å². The van der Waals surface area contributed by atoms with Gasteiger partial charge in [0.1, 0.15) is 5.82 Å². The molecule has 2 aliphatic heterocycles. The molecule has 0 atom stereocenters. The van der Waals surface area contributed by atoms with Crippen molar-refractivity contribution in [3.8, 4) is 5.69 Å². The van der Waals surface area contributed by atoms with E-state index in [0.717, 1.165) is 54.8 Å². The SMILES string of the molecule is CC(C)OC(=O)N1Cc2cc(Cl)ccc2-n2c(nnc2C2CCN(c3ncccn3)CC2)C1. The normalized spacial score (nSPS) is 16.4. The molecular weight excluding hydrogens is 442 g/mol. The van der Waals surface area contributed by atoms with Gasteiger partial charge in [0.05, 0.1) is 24.9 Å². The zero-order valence-corrected chi connectivity index (χ0v) is 19.4. The lowest BCUT2D eigenvalue weighted by Crippen LogP contribution is -2.34. The third-order valence-corrected chi connectivity index (χ3v) is 6.26. The molecule has 9 nitrogen and oxygen atoms in total. The van der Waals surface area contributed by atoms with Crippen molar-refractivity contribution < 1.29 is 9.53 Å². The summed E-state index contributed by atoms with van der Waals surface area (Å²) in [7, 11) is 0. The van der Waals surface area contributed by atoms with Crippen LogP contribution < -0.4 is 4.90 Å². The molecule has 5 rings (SSSR count). The number of nitrogens with zero attached hydrogens (tertiary/aromatic N) is 7. The summed E-state index contributed by atoms with van der Waals surface area (Å²) in [6.07, 6.45) is 4.80. The standard InChI is InChI=1S/C23H26ClN7O2/c1-15(2)33-23(32)30-13-17-12-18(24)4-5-19(17)31-20(14-30)27-28-21(31)16-6-10-29(11-7-16)22-25-8-3-9-26-22/h3-5,8-9,12,15-16H,6-7,10-11,13-14H2,1-2H3. The van der Waals surface area contributed by atoms with Gasteiger partial charge in [-0.2, -0.15) is 0 Å². The van der Waals surface area contributed by atoms with Gasteiger partial charge >= 0.3 is 6.09 Å². The molecule has 0 bridgehead atoms. The first-order chi connectivity index (χ1) is 16.0. The minimum Gasteiger partial charge on any atom is -0.447 e. The van der Waals surface area contributed by atoms with Crippen LogP contribution >= 0.6 is 11.6 Å². The summed E-state index contributed by atoms with van der Waals surface area (Å²) in [5.41, 5.74) is 1.90. The second kappa shape index (κ2) is 8.97. The highest BCUT2D eigenvalue weighted by atomic mass is 35.5. The number of rotatable bonds is 3. The van der Waals surface area contributed by atoms with Crippen molar-refractivity contribution in [1.82, 2.24) is 29.6 Å². The Labute approximate surface area is 197 Å². The van der Waals surface area contributed by atoms with Gasteiger partial charge in [0.15, 0.2) is 5.82 Å². The van der Waals surface area contributed by atoms with Crippen LogP contribution in [0, 0.1) is 0 Å². The first kappa shape index (κ1) is 21.6. The molecule has 2 aliphatic rings. The Kier molecular flexibility index (Phi) is 5.88. The second-order valence-corrected chi connectivity index (χ2v) is 9.12. The van der Waals surface area contributed by atoms with E-state index in [9.17, 15) is 4.79 Å². The average Bonchev–Trinajstić information content (AvgIpc) is 3.15. The number of halogens is 1. The van der Waals surface area contributed by atoms with Crippen molar-refractivity contribution in [2.75, 3.05) is 18.0 Å². The van der Waals surface area contributed by atoms with E-state index in [1.807, 2.05) is 38.1 Å². The molecule has 1 saturated heterocycles. The largest absolute Gasteiger partial charge is 0.447 e. The monoisotopic (exact) mass is 467 g/mol. The summed E-state index contributed by atoms with van der Waals surface area (Å²) < 4.78 is 7.57. The van der Waals surface area contributed by atoms with E-state index in [2.05, 4.69) is 29.6 Å². The van der Waals surface area contributed by atoms with Crippen LogP contribution in [0.25, 0.3) is 5.69 Å². The maximum absolute atomic E-state index is 12.7. The van der Waals surface area contributed by atoms with Crippen molar-refractivity contribution in [3.63, 3.8) is 0 Å². The number of ether oxygens (including phenoxy) is 1. The van der Waals surface area contributed by atoms with Gasteiger partial charge < -0.3 is 9.64 Å². The maximum Gasteiger partial charge on any atom is 0.410 e. The number of piperidine rings is 1. The predicted molar refractivity (Wildman–Crippen MR) is 123 cm³/mol. The third-order valence-electron chi connectivity index (χ3n) is 6.02. The first-order valence-electron chi connectivity index (χ1n) is 11.2. The molecule has 1 amide bonds. The summed E-state index contributed by atoms with van der Waals surface area (Å²) in [4.78, 5) is 25.3. The molecule has 0 N–H and O–H groups in total. The molecule has 0 saturated carbocycles. The molecule has 33 heavy (non-hydrogen) atoms. The third kappa shape index (κ3) is 4.37. The van der Waals surface area contributed by atoms with E-state index in [4.69, 9.17) is 16.3 Å². The molecule has 10 heteroatoms. The van der Waals surface area contributed by atoms with E-state index in [1.165, 1.54) is 0 Å². The number of carbonyl (C=O) groups excluding carboxylic acids is 1. The average molecular weight is 468 g/mol. The summed E-state index contributed by atoms with van der Waals surface area (Å²) in [5, 5.41) is 9.71. The van der Waals surface area contributed by atoms with E-state index < -0.39 is 0 Å². The maximum atomic E-state index is 12.7. The minimum atomic E-state index is -0.370. The van der Waals surface area contributed by atoms with Gasteiger partial charge in [-0.15, -0.1) is 10.2 Å². The fourth-order valence-corrected chi connectivity index (χ4v) is 4.68. The molecule has 0 radical (unpaired) electrons. The van der Waals surface area contributed by atoms with Gasteiger partial charge in [0.2, 0.25) is 5.95 Å². The van der Waals surface area contributed by atoms with Gasteiger partial charge in [0.25, 0.3) is 0 Å². The fraction of sp³-hybridized carbons (Fsp3) is 0.435. The Hall–Kier alpha value is -3.20. The highest BCUT2D eigenvalue weighted by Crippen LogP contribution is 2.34. The second-order valence-electron chi connectivity index (χ2n) is 8.68. The first-order valence-corrected chi connectivity index (χ1v) is 11.6. The van der Waals surface area contributed by atoms with Crippen LogP contribution in [0.15, 0.2) is 36.7 Å². The molecular formula is C23H26ClN7O2. The highest BCUT2D eigenvalue weighted by Gasteiger charge is 2.32. The lowest BCUT2D eigenvalue weighted by molar-refractivity contribution is 0.0718. The molecule has 4 heterocycles. The highest BCUT2D eigenvalue weighted by molar-refractivity contribution is 6.30. The number of anilines is 1. The molecule has 0 spiro atoms. The number of amides is 1. The Bertz CT molecular complexity index is 1140. The van der Waals surface area contributed by atoms with Crippen LogP contribution in [0.4, 0.5) is 10.7 Å². The van der Waals surface area contributed by atoms with E-state index in [0.29, 0.717) is 18.1 Å². The lowest BCUT2D eigenvalue weighted by Gasteiger charge is -2.31. The van der Waals surface area contributed by atoms with Crippen molar-refractivity contribution in [2.24, 2.45) is 0 Å². The number of aromatic nitrogens is 5. The summed E-state index contributed by atoms with van der Waals surface area (Å²) >= 11 is 6.31.